The van der Waals surface area contributed by atoms with E-state index in [1.165, 1.54) is 6.08 Å². The summed E-state index contributed by atoms with van der Waals surface area (Å²) in [5.41, 5.74) is 3.35. The van der Waals surface area contributed by atoms with Gasteiger partial charge in [-0.3, -0.25) is 9.59 Å². The quantitative estimate of drug-likeness (QED) is 0.509. The number of nitrogens with zero attached hydrogens (tertiary/aromatic N) is 2. The van der Waals surface area contributed by atoms with Crippen LogP contribution in [-0.4, -0.2) is 26.6 Å². The molecule has 1 N–H and O–H groups in total. The molecule has 1 heterocycles. The Morgan fingerprint density at radius 1 is 1.11 bits per heavy atom. The van der Waals surface area contributed by atoms with Crippen molar-refractivity contribution in [3.05, 3.63) is 88.2 Å². The molecule has 0 saturated carbocycles. The Kier molecular flexibility index (Phi) is 5.52. The van der Waals surface area contributed by atoms with Crippen LogP contribution in [0.3, 0.4) is 0 Å². The number of aliphatic carboxylic acids is 1. The summed E-state index contributed by atoms with van der Waals surface area (Å²) in [4.78, 5) is 23.1. The smallest absolute Gasteiger partial charge is 0.307 e. The molecule has 0 atom stereocenters. The Bertz CT molecular complexity index is 1010. The average molecular weight is 381 g/mol. The van der Waals surface area contributed by atoms with E-state index in [1.54, 1.807) is 35.0 Å². The number of carbonyl (C=O) groups is 2. The molecule has 5 nitrogen and oxygen atoms in total. The number of allylic oxidation sites excluding steroid dienone is 1. The first-order chi connectivity index (χ1) is 13.0. The fraction of sp³-hybridized carbons (Fsp3) is 0.0952. The lowest BCUT2D eigenvalue weighted by molar-refractivity contribution is -0.136. The van der Waals surface area contributed by atoms with E-state index >= 15 is 0 Å². The van der Waals surface area contributed by atoms with E-state index in [0.717, 1.165) is 5.69 Å². The Balaban J connectivity index is 1.81. The van der Waals surface area contributed by atoms with Crippen LogP contribution in [0.1, 0.15) is 27.2 Å². The summed E-state index contributed by atoms with van der Waals surface area (Å²) >= 11 is 6.45. The van der Waals surface area contributed by atoms with Crippen molar-refractivity contribution in [3.63, 3.8) is 0 Å². The molecule has 2 aromatic carbocycles. The maximum absolute atomic E-state index is 12.4. The van der Waals surface area contributed by atoms with Crippen molar-refractivity contribution in [1.29, 1.82) is 0 Å². The van der Waals surface area contributed by atoms with Gasteiger partial charge < -0.3 is 5.11 Å². The van der Waals surface area contributed by atoms with Crippen LogP contribution >= 0.6 is 11.6 Å². The SMILES string of the molecule is Cc1nn(-c2ccccc2)c(Cl)c1/C=C/C(=O)c1ccc(CC(=O)O)cc1. The fourth-order valence-corrected chi connectivity index (χ4v) is 2.99. The molecule has 0 aliphatic rings. The van der Waals surface area contributed by atoms with Crippen molar-refractivity contribution in [2.45, 2.75) is 13.3 Å². The van der Waals surface area contributed by atoms with E-state index in [-0.39, 0.29) is 12.2 Å². The predicted molar refractivity (Wildman–Crippen MR) is 104 cm³/mol. The Labute approximate surface area is 161 Å². The highest BCUT2D eigenvalue weighted by atomic mass is 35.5. The molecule has 136 valence electrons. The van der Waals surface area contributed by atoms with Gasteiger partial charge in [0.2, 0.25) is 0 Å². The number of ketones is 1. The van der Waals surface area contributed by atoms with Gasteiger partial charge in [-0.1, -0.05) is 54.1 Å². The zero-order valence-corrected chi connectivity index (χ0v) is 15.3. The molecule has 0 radical (unpaired) electrons. The molecule has 0 unspecified atom stereocenters. The van der Waals surface area contributed by atoms with Gasteiger partial charge in [-0.25, -0.2) is 4.68 Å². The van der Waals surface area contributed by atoms with Crippen molar-refractivity contribution in [2.24, 2.45) is 0 Å². The van der Waals surface area contributed by atoms with Crippen LogP contribution in [-0.2, 0) is 11.2 Å². The van der Waals surface area contributed by atoms with E-state index in [9.17, 15) is 9.59 Å². The summed E-state index contributed by atoms with van der Waals surface area (Å²) in [7, 11) is 0. The largest absolute Gasteiger partial charge is 0.481 e. The molecule has 27 heavy (non-hydrogen) atoms. The molecule has 0 bridgehead atoms. The first-order valence-corrected chi connectivity index (χ1v) is 8.67. The van der Waals surface area contributed by atoms with Crippen LogP contribution in [0.4, 0.5) is 0 Å². The van der Waals surface area contributed by atoms with Crippen LogP contribution in [0.15, 0.2) is 60.7 Å². The first-order valence-electron chi connectivity index (χ1n) is 8.29. The molecular weight excluding hydrogens is 364 g/mol. The van der Waals surface area contributed by atoms with Gasteiger partial charge in [0.25, 0.3) is 0 Å². The number of aromatic nitrogens is 2. The average Bonchev–Trinajstić information content (AvgIpc) is 2.94. The van der Waals surface area contributed by atoms with Gasteiger partial charge in [0.15, 0.2) is 5.78 Å². The molecule has 6 heteroatoms. The van der Waals surface area contributed by atoms with Gasteiger partial charge >= 0.3 is 5.97 Å². The van der Waals surface area contributed by atoms with E-state index < -0.39 is 5.97 Å². The number of rotatable bonds is 6. The number of halogens is 1. The van der Waals surface area contributed by atoms with E-state index in [4.69, 9.17) is 16.7 Å². The van der Waals surface area contributed by atoms with E-state index in [0.29, 0.717) is 27.5 Å². The molecule has 0 saturated heterocycles. The van der Waals surface area contributed by atoms with Crippen molar-refractivity contribution < 1.29 is 14.7 Å². The third-order valence-corrected chi connectivity index (χ3v) is 4.41. The number of hydrogen-bond donors (Lipinski definition) is 1. The third kappa shape index (κ3) is 4.33. The normalized spacial score (nSPS) is 11.0. The lowest BCUT2D eigenvalue weighted by atomic mass is 10.1. The maximum Gasteiger partial charge on any atom is 0.307 e. The van der Waals surface area contributed by atoms with E-state index in [2.05, 4.69) is 5.10 Å². The number of aryl methyl sites for hydroxylation is 1. The Hall–Kier alpha value is -3.18. The molecule has 0 amide bonds. The zero-order chi connectivity index (χ0) is 19.4. The van der Waals surface area contributed by atoms with Gasteiger partial charge in [-0.15, -0.1) is 0 Å². The zero-order valence-electron chi connectivity index (χ0n) is 14.6. The summed E-state index contributed by atoms with van der Waals surface area (Å²) in [6.45, 7) is 1.83. The standard InChI is InChI=1S/C21H17ClN2O3/c1-14-18(21(22)24(23-14)17-5-3-2-4-6-17)11-12-19(25)16-9-7-15(8-10-16)13-20(26)27/h2-12H,13H2,1H3,(H,26,27)/b12-11+. The third-order valence-electron chi connectivity index (χ3n) is 4.04. The second kappa shape index (κ2) is 8.01. The molecule has 0 aliphatic heterocycles. The van der Waals surface area contributed by atoms with Crippen LogP contribution in [0.2, 0.25) is 5.15 Å². The second-order valence-electron chi connectivity index (χ2n) is 6.00. The number of hydrogen-bond acceptors (Lipinski definition) is 3. The number of para-hydroxylation sites is 1. The van der Waals surface area contributed by atoms with E-state index in [1.807, 2.05) is 37.3 Å². The van der Waals surface area contributed by atoms with Gasteiger partial charge in [0, 0.05) is 11.1 Å². The molecule has 3 aromatic rings. The number of carbonyl (C=O) groups excluding carboxylic acids is 1. The molecule has 1 aromatic heterocycles. The lowest BCUT2D eigenvalue weighted by Gasteiger charge is -2.02. The van der Waals surface area contributed by atoms with Gasteiger partial charge in [0.05, 0.1) is 17.8 Å². The van der Waals surface area contributed by atoms with Gasteiger partial charge in [-0.05, 0) is 36.8 Å². The maximum atomic E-state index is 12.4. The van der Waals surface area contributed by atoms with Crippen LogP contribution in [0, 0.1) is 6.92 Å². The first kappa shape index (κ1) is 18.6. The minimum Gasteiger partial charge on any atom is -0.481 e. The highest BCUT2D eigenvalue weighted by molar-refractivity contribution is 6.31. The Morgan fingerprint density at radius 3 is 2.41 bits per heavy atom. The highest BCUT2D eigenvalue weighted by Gasteiger charge is 2.13. The number of carboxylic acid groups (broad SMARTS) is 1. The molecule has 0 spiro atoms. The topological polar surface area (TPSA) is 72.2 Å². The summed E-state index contributed by atoms with van der Waals surface area (Å²) in [5, 5.41) is 13.7. The highest BCUT2D eigenvalue weighted by Crippen LogP contribution is 2.24. The summed E-state index contributed by atoms with van der Waals surface area (Å²) in [6, 6.07) is 16.0. The second-order valence-corrected chi connectivity index (χ2v) is 6.36. The van der Waals surface area contributed by atoms with Crippen molar-refractivity contribution in [3.8, 4) is 5.69 Å². The van der Waals surface area contributed by atoms with Crippen LogP contribution in [0.25, 0.3) is 11.8 Å². The van der Waals surface area contributed by atoms with Crippen molar-refractivity contribution in [2.75, 3.05) is 0 Å². The van der Waals surface area contributed by atoms with Gasteiger partial charge in [0.1, 0.15) is 5.15 Å². The molecule has 0 aliphatic carbocycles. The van der Waals surface area contributed by atoms with Crippen LogP contribution in [0.5, 0.6) is 0 Å². The molecule has 0 fully saturated rings. The monoisotopic (exact) mass is 380 g/mol. The lowest BCUT2D eigenvalue weighted by Crippen LogP contribution is -2.01. The number of carboxylic acids is 1. The fourth-order valence-electron chi connectivity index (χ4n) is 2.66. The summed E-state index contributed by atoms with van der Waals surface area (Å²) in [6.07, 6.45) is 3.02. The minimum atomic E-state index is -0.908. The molecular formula is C21H17ClN2O3. The summed E-state index contributed by atoms with van der Waals surface area (Å²) in [5.74, 6) is -1.10. The number of benzene rings is 2. The predicted octanol–water partition coefficient (Wildman–Crippen LogP) is 4.36. The van der Waals surface area contributed by atoms with Gasteiger partial charge in [-0.2, -0.15) is 5.10 Å². The van der Waals surface area contributed by atoms with Crippen molar-refractivity contribution >= 4 is 29.4 Å². The summed E-state index contributed by atoms with van der Waals surface area (Å²) < 4.78 is 1.63. The minimum absolute atomic E-state index is 0.0716. The van der Waals surface area contributed by atoms with Crippen LogP contribution < -0.4 is 0 Å². The molecule has 3 rings (SSSR count). The Morgan fingerprint density at radius 2 is 1.78 bits per heavy atom. The van der Waals surface area contributed by atoms with Crippen molar-refractivity contribution in [1.82, 2.24) is 9.78 Å².